The molecule has 0 amide bonds. The molecule has 0 aliphatic carbocycles. The Morgan fingerprint density at radius 3 is 2.65 bits per heavy atom. The summed E-state index contributed by atoms with van der Waals surface area (Å²) in [5.41, 5.74) is 4.71. The third-order valence-electron chi connectivity index (χ3n) is 2.07. The molecular weight excluding hydrogens is 236 g/mol. The molecule has 86 valence electrons. The third-order valence-corrected chi connectivity index (χ3v) is 2.77. The molecule has 0 saturated heterocycles. The quantitative estimate of drug-likeness (QED) is 0.656. The van der Waals surface area contributed by atoms with Crippen LogP contribution in [0, 0.1) is 0 Å². The first-order valence-corrected chi connectivity index (χ1v) is 5.82. The lowest BCUT2D eigenvalue weighted by molar-refractivity contribution is -0.255. The molecule has 1 N–H and O–H groups in total. The van der Waals surface area contributed by atoms with Crippen molar-refractivity contribution >= 4 is 29.2 Å². The van der Waals surface area contributed by atoms with Crippen LogP contribution in [0.4, 0.5) is 5.69 Å². The number of carbonyl (C=O) groups excluding carboxylic acids is 1. The van der Waals surface area contributed by atoms with Crippen LogP contribution in [0.2, 0.25) is 0 Å². The van der Waals surface area contributed by atoms with Gasteiger partial charge in [0.2, 0.25) is 0 Å². The standard InChI is InChI=1S/C12H10N2O2S/c15-12(16)10-1-3-11(4-2-10)14-13-7-9-5-6-17-8-9/h1-8,14H,(H,15,16)/p-1/b13-7-. The first-order valence-electron chi connectivity index (χ1n) is 4.88. The summed E-state index contributed by atoms with van der Waals surface area (Å²) < 4.78 is 0. The maximum atomic E-state index is 10.5. The molecular formula is C12H9N2O2S-. The average Bonchev–Trinajstić information content (AvgIpc) is 2.83. The van der Waals surface area contributed by atoms with E-state index in [2.05, 4.69) is 10.5 Å². The van der Waals surface area contributed by atoms with Crippen LogP contribution in [0.3, 0.4) is 0 Å². The number of anilines is 1. The van der Waals surface area contributed by atoms with Crippen LogP contribution in [0.5, 0.6) is 0 Å². The molecule has 0 saturated carbocycles. The first-order chi connectivity index (χ1) is 8.25. The number of nitrogens with one attached hydrogen (secondary N) is 1. The number of carboxylic acid groups (broad SMARTS) is 1. The van der Waals surface area contributed by atoms with Gasteiger partial charge in [-0.1, -0.05) is 12.1 Å². The minimum atomic E-state index is -1.18. The highest BCUT2D eigenvalue weighted by Crippen LogP contribution is 2.09. The van der Waals surface area contributed by atoms with E-state index >= 15 is 0 Å². The molecule has 0 atom stereocenters. The molecule has 1 heterocycles. The number of carbonyl (C=O) groups is 1. The van der Waals surface area contributed by atoms with Gasteiger partial charge in [0.25, 0.3) is 0 Å². The second-order valence-electron chi connectivity index (χ2n) is 3.29. The Kier molecular flexibility index (Phi) is 3.52. The van der Waals surface area contributed by atoms with Crippen molar-refractivity contribution in [3.8, 4) is 0 Å². The van der Waals surface area contributed by atoms with E-state index in [0.717, 1.165) is 11.3 Å². The van der Waals surface area contributed by atoms with Gasteiger partial charge in [-0.2, -0.15) is 16.4 Å². The number of thiophene rings is 1. The molecule has 1 aromatic heterocycles. The van der Waals surface area contributed by atoms with Gasteiger partial charge < -0.3 is 9.90 Å². The molecule has 0 spiro atoms. The predicted octanol–water partition coefficient (Wildman–Crippen LogP) is 1.56. The molecule has 0 aliphatic rings. The van der Waals surface area contributed by atoms with Crippen LogP contribution in [0.15, 0.2) is 46.2 Å². The van der Waals surface area contributed by atoms with Crippen molar-refractivity contribution in [2.45, 2.75) is 0 Å². The predicted molar refractivity (Wildman–Crippen MR) is 66.3 cm³/mol. The lowest BCUT2D eigenvalue weighted by Crippen LogP contribution is -2.21. The van der Waals surface area contributed by atoms with E-state index in [4.69, 9.17) is 0 Å². The van der Waals surface area contributed by atoms with Crippen molar-refractivity contribution in [1.82, 2.24) is 0 Å². The smallest absolute Gasteiger partial charge is 0.0715 e. The van der Waals surface area contributed by atoms with E-state index in [9.17, 15) is 9.90 Å². The SMILES string of the molecule is O=C([O-])c1ccc(N/N=C\c2ccsc2)cc1. The van der Waals surface area contributed by atoms with E-state index in [1.807, 2.05) is 16.8 Å². The molecule has 0 bridgehead atoms. The summed E-state index contributed by atoms with van der Waals surface area (Å²) >= 11 is 1.60. The number of benzene rings is 1. The number of hydrogen-bond donors (Lipinski definition) is 1. The van der Waals surface area contributed by atoms with E-state index in [0.29, 0.717) is 0 Å². The average molecular weight is 245 g/mol. The van der Waals surface area contributed by atoms with Crippen molar-refractivity contribution in [2.24, 2.45) is 5.10 Å². The van der Waals surface area contributed by atoms with Crippen molar-refractivity contribution in [1.29, 1.82) is 0 Å². The number of carboxylic acids is 1. The van der Waals surface area contributed by atoms with Crippen LogP contribution in [-0.2, 0) is 0 Å². The summed E-state index contributed by atoms with van der Waals surface area (Å²) in [7, 11) is 0. The zero-order chi connectivity index (χ0) is 12.1. The van der Waals surface area contributed by atoms with Gasteiger partial charge >= 0.3 is 0 Å². The molecule has 0 aliphatic heterocycles. The fourth-order valence-corrected chi connectivity index (χ4v) is 1.82. The van der Waals surface area contributed by atoms with E-state index in [-0.39, 0.29) is 5.56 Å². The van der Waals surface area contributed by atoms with Gasteiger partial charge in [0.15, 0.2) is 0 Å². The molecule has 0 radical (unpaired) electrons. The second kappa shape index (κ2) is 5.27. The Bertz CT molecular complexity index is 518. The van der Waals surface area contributed by atoms with Crippen molar-refractivity contribution in [3.05, 3.63) is 52.2 Å². The number of aromatic carboxylic acids is 1. The van der Waals surface area contributed by atoms with E-state index in [1.165, 1.54) is 12.1 Å². The summed E-state index contributed by atoms with van der Waals surface area (Å²) in [6, 6.07) is 8.16. The van der Waals surface area contributed by atoms with Crippen LogP contribution >= 0.6 is 11.3 Å². The minimum absolute atomic E-state index is 0.150. The normalized spacial score (nSPS) is 10.6. The third kappa shape index (κ3) is 3.15. The van der Waals surface area contributed by atoms with Gasteiger partial charge in [-0.05, 0) is 34.5 Å². The largest absolute Gasteiger partial charge is 0.545 e. The van der Waals surface area contributed by atoms with E-state index in [1.54, 1.807) is 29.7 Å². The lowest BCUT2D eigenvalue weighted by Gasteiger charge is -2.03. The molecule has 5 heteroatoms. The van der Waals surface area contributed by atoms with E-state index < -0.39 is 5.97 Å². The second-order valence-corrected chi connectivity index (χ2v) is 4.07. The number of hydrogen-bond acceptors (Lipinski definition) is 5. The van der Waals surface area contributed by atoms with Gasteiger partial charge in [0.05, 0.1) is 17.9 Å². The Labute approximate surface area is 102 Å². The highest BCUT2D eigenvalue weighted by molar-refractivity contribution is 7.08. The molecule has 0 fully saturated rings. The van der Waals surface area contributed by atoms with Crippen molar-refractivity contribution in [2.75, 3.05) is 5.43 Å². The number of hydrazone groups is 1. The lowest BCUT2D eigenvalue weighted by atomic mass is 10.2. The summed E-state index contributed by atoms with van der Waals surface area (Å²) in [6.07, 6.45) is 1.70. The van der Waals surface area contributed by atoms with Gasteiger partial charge in [-0.15, -0.1) is 0 Å². The highest BCUT2D eigenvalue weighted by atomic mass is 32.1. The Balaban J connectivity index is 1.97. The molecule has 17 heavy (non-hydrogen) atoms. The maximum Gasteiger partial charge on any atom is 0.0715 e. The summed E-state index contributed by atoms with van der Waals surface area (Å²) in [5.74, 6) is -1.18. The van der Waals surface area contributed by atoms with Gasteiger partial charge in [0, 0.05) is 5.56 Å². The van der Waals surface area contributed by atoms with Crippen LogP contribution in [0.25, 0.3) is 0 Å². The summed E-state index contributed by atoms with van der Waals surface area (Å²) in [5, 5.41) is 18.5. The monoisotopic (exact) mass is 245 g/mol. The topological polar surface area (TPSA) is 64.5 Å². The van der Waals surface area contributed by atoms with Gasteiger partial charge in [-0.3, -0.25) is 5.43 Å². The zero-order valence-electron chi connectivity index (χ0n) is 8.79. The minimum Gasteiger partial charge on any atom is -0.545 e. The molecule has 2 rings (SSSR count). The van der Waals surface area contributed by atoms with Crippen LogP contribution in [-0.4, -0.2) is 12.2 Å². The molecule has 4 nitrogen and oxygen atoms in total. The van der Waals surface area contributed by atoms with Crippen molar-refractivity contribution < 1.29 is 9.90 Å². The fraction of sp³-hybridized carbons (Fsp3) is 0. The Hall–Kier alpha value is -2.14. The Morgan fingerprint density at radius 2 is 2.06 bits per heavy atom. The Morgan fingerprint density at radius 1 is 1.29 bits per heavy atom. The maximum absolute atomic E-state index is 10.5. The number of nitrogens with zero attached hydrogens (tertiary/aromatic N) is 1. The van der Waals surface area contributed by atoms with Crippen molar-refractivity contribution in [3.63, 3.8) is 0 Å². The highest BCUT2D eigenvalue weighted by Gasteiger charge is 1.93. The molecule has 2 aromatic rings. The fourth-order valence-electron chi connectivity index (χ4n) is 1.21. The number of rotatable bonds is 4. The van der Waals surface area contributed by atoms with Crippen LogP contribution < -0.4 is 10.5 Å². The van der Waals surface area contributed by atoms with Gasteiger partial charge in [-0.25, -0.2) is 0 Å². The van der Waals surface area contributed by atoms with Gasteiger partial charge in [0.1, 0.15) is 0 Å². The zero-order valence-corrected chi connectivity index (χ0v) is 9.61. The summed E-state index contributed by atoms with van der Waals surface area (Å²) in [6.45, 7) is 0. The van der Waals surface area contributed by atoms with Crippen LogP contribution in [0.1, 0.15) is 15.9 Å². The molecule has 1 aromatic carbocycles. The molecule has 0 unspecified atom stereocenters. The first kappa shape index (κ1) is 11.3. The summed E-state index contributed by atoms with van der Waals surface area (Å²) in [4.78, 5) is 10.5.